The van der Waals surface area contributed by atoms with Crippen LogP contribution in [-0.2, 0) is 0 Å². The number of anilines is 2. The number of nitrogens with zero attached hydrogens (tertiary/aromatic N) is 3. The standard InChI is InChI=1S/C27H21F2N5O2S/c1-16-10-13-37-24(16)26(32-15-30)36-22-7-4-19(14-21(22)29)33-25-23-17(8-11-31-25)9-12-34(27(23)35)20-5-2-18(28)3-6-20/h2-16H,1H3,(H2,30,32)(H,31,33)/b26-24-. The number of aliphatic imine (C=N–C) groups is 1. The number of hydrogen-bond acceptors (Lipinski definition) is 6. The molecule has 4 aromatic rings. The Hall–Kier alpha value is -4.44. The number of ether oxygens (including phenoxy) is 1. The van der Waals surface area contributed by atoms with Gasteiger partial charge in [0.15, 0.2) is 11.6 Å². The Bertz CT molecular complexity index is 1630. The van der Waals surface area contributed by atoms with E-state index in [9.17, 15) is 9.18 Å². The van der Waals surface area contributed by atoms with E-state index in [4.69, 9.17) is 10.5 Å². The van der Waals surface area contributed by atoms with Crippen molar-refractivity contribution in [1.82, 2.24) is 9.55 Å². The molecule has 2 aromatic carbocycles. The van der Waals surface area contributed by atoms with E-state index in [2.05, 4.69) is 15.3 Å². The first-order chi connectivity index (χ1) is 17.9. The summed E-state index contributed by atoms with van der Waals surface area (Å²) in [6.07, 6.45) is 6.26. The third-order valence-corrected chi connectivity index (χ3v) is 6.80. The summed E-state index contributed by atoms with van der Waals surface area (Å²) in [5, 5.41) is 5.90. The van der Waals surface area contributed by atoms with Gasteiger partial charge >= 0.3 is 0 Å². The van der Waals surface area contributed by atoms with Crippen LogP contribution in [0.2, 0.25) is 0 Å². The summed E-state index contributed by atoms with van der Waals surface area (Å²) in [5.74, 6) is -0.510. The molecule has 3 heterocycles. The average Bonchev–Trinajstić information content (AvgIpc) is 3.32. The van der Waals surface area contributed by atoms with E-state index in [0.717, 1.165) is 11.2 Å². The van der Waals surface area contributed by atoms with Gasteiger partial charge in [0.2, 0.25) is 5.88 Å². The zero-order valence-corrected chi connectivity index (χ0v) is 20.4. The number of halogens is 2. The van der Waals surface area contributed by atoms with Crippen LogP contribution in [-0.4, -0.2) is 15.9 Å². The summed E-state index contributed by atoms with van der Waals surface area (Å²) >= 11 is 1.44. The molecule has 2 aromatic heterocycles. The predicted molar refractivity (Wildman–Crippen MR) is 143 cm³/mol. The first-order valence-corrected chi connectivity index (χ1v) is 12.1. The number of fused-ring (bicyclic) bond motifs is 1. The monoisotopic (exact) mass is 517 g/mol. The molecule has 0 radical (unpaired) electrons. The molecule has 0 bridgehead atoms. The molecule has 0 aliphatic carbocycles. The quantitative estimate of drug-likeness (QED) is 0.190. The first kappa shape index (κ1) is 24.3. The molecule has 0 spiro atoms. The summed E-state index contributed by atoms with van der Waals surface area (Å²) in [7, 11) is 0. The smallest absolute Gasteiger partial charge is 0.266 e. The number of nitrogens with one attached hydrogen (secondary N) is 1. The molecule has 0 saturated heterocycles. The first-order valence-electron chi connectivity index (χ1n) is 11.3. The van der Waals surface area contributed by atoms with E-state index >= 15 is 4.39 Å². The van der Waals surface area contributed by atoms with E-state index in [-0.39, 0.29) is 28.9 Å². The number of allylic oxidation sites excluding steroid dienone is 2. The Labute approximate surface area is 215 Å². The Morgan fingerprint density at radius 2 is 2.00 bits per heavy atom. The zero-order chi connectivity index (χ0) is 25.9. The number of thioether (sulfide) groups is 1. The molecule has 0 amide bonds. The summed E-state index contributed by atoms with van der Waals surface area (Å²) in [4.78, 5) is 22.5. The molecule has 186 valence electrons. The highest BCUT2D eigenvalue weighted by atomic mass is 32.2. The van der Waals surface area contributed by atoms with Gasteiger partial charge in [-0.15, -0.1) is 0 Å². The fraction of sp³-hybridized carbons (Fsp3) is 0.0741. The Kier molecular flexibility index (Phi) is 6.74. The van der Waals surface area contributed by atoms with Crippen molar-refractivity contribution >= 4 is 40.4 Å². The molecule has 7 nitrogen and oxygen atoms in total. The van der Waals surface area contributed by atoms with E-state index in [1.54, 1.807) is 30.6 Å². The molecule has 10 heteroatoms. The number of benzene rings is 2. The molecule has 3 N–H and O–H groups in total. The van der Waals surface area contributed by atoms with Crippen molar-refractivity contribution in [2.75, 3.05) is 5.32 Å². The van der Waals surface area contributed by atoms with Gasteiger partial charge in [-0.25, -0.2) is 18.8 Å². The summed E-state index contributed by atoms with van der Waals surface area (Å²) in [5.41, 5.74) is 5.98. The molecule has 0 saturated carbocycles. The van der Waals surface area contributed by atoms with Gasteiger partial charge in [0, 0.05) is 35.8 Å². The van der Waals surface area contributed by atoms with Crippen LogP contribution in [0.3, 0.4) is 0 Å². The molecule has 1 unspecified atom stereocenters. The van der Waals surface area contributed by atoms with Crippen LogP contribution in [0.5, 0.6) is 5.75 Å². The van der Waals surface area contributed by atoms with E-state index in [1.165, 1.54) is 52.7 Å². The van der Waals surface area contributed by atoms with Crippen LogP contribution in [0.25, 0.3) is 16.5 Å². The van der Waals surface area contributed by atoms with Crippen molar-refractivity contribution in [2.24, 2.45) is 16.6 Å². The topological polar surface area (TPSA) is 94.5 Å². The molecule has 37 heavy (non-hydrogen) atoms. The van der Waals surface area contributed by atoms with Gasteiger partial charge < -0.3 is 15.8 Å². The highest BCUT2D eigenvalue weighted by molar-refractivity contribution is 8.06. The second kappa shape index (κ2) is 10.3. The number of pyridine rings is 2. The molecular formula is C27H21F2N5O2S. The van der Waals surface area contributed by atoms with Crippen molar-refractivity contribution in [3.05, 3.63) is 111 Å². The maximum absolute atomic E-state index is 15.0. The highest BCUT2D eigenvalue weighted by Crippen LogP contribution is 2.37. The van der Waals surface area contributed by atoms with Gasteiger partial charge in [0.25, 0.3) is 5.56 Å². The summed E-state index contributed by atoms with van der Waals surface area (Å²) < 4.78 is 35.5. The number of rotatable bonds is 6. The third-order valence-electron chi connectivity index (χ3n) is 5.70. The lowest BCUT2D eigenvalue weighted by Gasteiger charge is -2.14. The van der Waals surface area contributed by atoms with Crippen molar-refractivity contribution in [2.45, 2.75) is 6.92 Å². The largest absolute Gasteiger partial charge is 0.435 e. The van der Waals surface area contributed by atoms with E-state index in [1.807, 2.05) is 18.4 Å². The van der Waals surface area contributed by atoms with Crippen LogP contribution in [0.1, 0.15) is 6.92 Å². The fourth-order valence-electron chi connectivity index (χ4n) is 3.86. The minimum atomic E-state index is -0.636. The normalized spacial score (nSPS) is 16.5. The van der Waals surface area contributed by atoms with E-state index in [0.29, 0.717) is 22.1 Å². The molecule has 1 aliphatic heterocycles. The highest BCUT2D eigenvalue weighted by Gasteiger charge is 2.20. The minimum Gasteiger partial charge on any atom is -0.435 e. The van der Waals surface area contributed by atoms with Gasteiger partial charge in [0.05, 0.1) is 16.6 Å². The van der Waals surface area contributed by atoms with Crippen molar-refractivity contribution in [3.63, 3.8) is 0 Å². The lowest BCUT2D eigenvalue weighted by atomic mass is 10.2. The minimum absolute atomic E-state index is 0.0251. The van der Waals surface area contributed by atoms with Gasteiger partial charge in [-0.2, -0.15) is 0 Å². The molecule has 0 fully saturated rings. The second-order valence-electron chi connectivity index (χ2n) is 8.15. The zero-order valence-electron chi connectivity index (χ0n) is 19.6. The lowest BCUT2D eigenvalue weighted by molar-refractivity contribution is 0.388. The number of nitrogens with two attached hydrogens (primary N) is 1. The van der Waals surface area contributed by atoms with Crippen LogP contribution in [0.15, 0.2) is 99.1 Å². The third kappa shape index (κ3) is 4.96. The summed E-state index contributed by atoms with van der Waals surface area (Å²) in [6, 6.07) is 13.4. The van der Waals surface area contributed by atoms with E-state index < -0.39 is 11.6 Å². The number of hydrogen-bond donors (Lipinski definition) is 2. The Morgan fingerprint density at radius 1 is 1.19 bits per heavy atom. The lowest BCUT2D eigenvalue weighted by Crippen LogP contribution is -2.19. The Balaban J connectivity index is 1.47. The van der Waals surface area contributed by atoms with Crippen molar-refractivity contribution in [1.29, 1.82) is 0 Å². The van der Waals surface area contributed by atoms with Crippen molar-refractivity contribution < 1.29 is 13.5 Å². The van der Waals surface area contributed by atoms with Crippen LogP contribution < -0.4 is 21.3 Å². The molecule has 1 aliphatic rings. The second-order valence-corrected chi connectivity index (χ2v) is 9.09. The van der Waals surface area contributed by atoms with Crippen LogP contribution in [0, 0.1) is 17.6 Å². The summed E-state index contributed by atoms with van der Waals surface area (Å²) in [6.45, 7) is 1.98. The molecule has 1 atom stereocenters. The van der Waals surface area contributed by atoms with Gasteiger partial charge in [-0.3, -0.25) is 9.36 Å². The van der Waals surface area contributed by atoms with Crippen LogP contribution in [0.4, 0.5) is 20.3 Å². The average molecular weight is 518 g/mol. The maximum atomic E-state index is 15.0. The van der Waals surface area contributed by atoms with Crippen LogP contribution >= 0.6 is 11.8 Å². The van der Waals surface area contributed by atoms with Crippen molar-refractivity contribution in [3.8, 4) is 11.4 Å². The number of aromatic nitrogens is 2. The van der Waals surface area contributed by atoms with Gasteiger partial charge in [0.1, 0.15) is 11.6 Å². The Morgan fingerprint density at radius 3 is 2.70 bits per heavy atom. The maximum Gasteiger partial charge on any atom is 0.266 e. The molecular weight excluding hydrogens is 496 g/mol. The van der Waals surface area contributed by atoms with Gasteiger partial charge in [-0.1, -0.05) is 24.8 Å². The fourth-order valence-corrected chi connectivity index (χ4v) is 4.81. The van der Waals surface area contributed by atoms with Gasteiger partial charge in [-0.05, 0) is 59.3 Å². The molecule has 5 rings (SSSR count). The SMILES string of the molecule is CC1C=CS/C1=C(/N=C\N)Oc1ccc(Nc2nccc3ccn(-c4ccc(F)cc4)c(=O)c23)cc1F. The predicted octanol–water partition coefficient (Wildman–Crippen LogP) is 5.84.